The van der Waals surface area contributed by atoms with Crippen LogP contribution in [0.25, 0.3) is 0 Å². The lowest BCUT2D eigenvalue weighted by molar-refractivity contribution is 0.0696. The lowest BCUT2D eigenvalue weighted by atomic mass is 10.2. The summed E-state index contributed by atoms with van der Waals surface area (Å²) in [6.45, 7) is 2.30. The summed E-state index contributed by atoms with van der Waals surface area (Å²) in [6.07, 6.45) is 1.84. The van der Waals surface area contributed by atoms with E-state index in [9.17, 15) is 4.79 Å². The van der Waals surface area contributed by atoms with Crippen molar-refractivity contribution in [2.24, 2.45) is 0 Å². The van der Waals surface area contributed by atoms with E-state index in [-0.39, 0.29) is 5.56 Å². The summed E-state index contributed by atoms with van der Waals surface area (Å²) in [5.74, 6) is 0.145. The maximum absolute atomic E-state index is 10.9. The van der Waals surface area contributed by atoms with Crippen molar-refractivity contribution >= 4 is 11.8 Å². The summed E-state index contributed by atoms with van der Waals surface area (Å²) in [5.41, 5.74) is 0.863. The number of nitrogens with zero attached hydrogens (tertiary/aromatic N) is 3. The fourth-order valence-corrected chi connectivity index (χ4v) is 1.49. The highest BCUT2D eigenvalue weighted by molar-refractivity contribution is 5.88. The van der Waals surface area contributed by atoms with Gasteiger partial charge in [0.2, 0.25) is 6.39 Å². The van der Waals surface area contributed by atoms with E-state index >= 15 is 0 Å². The zero-order valence-electron chi connectivity index (χ0n) is 9.75. The molecule has 7 heteroatoms. The van der Waals surface area contributed by atoms with Crippen LogP contribution in [-0.2, 0) is 6.42 Å². The Morgan fingerprint density at radius 1 is 1.50 bits per heavy atom. The summed E-state index contributed by atoms with van der Waals surface area (Å²) in [7, 11) is 0. The molecule has 0 unspecified atom stereocenters. The van der Waals surface area contributed by atoms with Crippen LogP contribution in [0.1, 0.15) is 21.9 Å². The number of aryl methyl sites for hydroxylation is 1. The van der Waals surface area contributed by atoms with Gasteiger partial charge >= 0.3 is 5.97 Å². The Kier molecular flexibility index (Phi) is 3.52. The SMILES string of the molecule is Cc1cc(C(=O)O)cc(NCCc2ncon2)n1. The highest BCUT2D eigenvalue weighted by Gasteiger charge is 2.06. The van der Waals surface area contributed by atoms with Crippen LogP contribution in [0.4, 0.5) is 5.82 Å². The van der Waals surface area contributed by atoms with Crippen LogP contribution in [0.5, 0.6) is 0 Å². The van der Waals surface area contributed by atoms with Gasteiger partial charge in [-0.05, 0) is 19.1 Å². The second kappa shape index (κ2) is 5.26. The molecule has 0 aliphatic heterocycles. The minimum atomic E-state index is -0.971. The number of aromatic carboxylic acids is 1. The number of carbonyl (C=O) groups is 1. The van der Waals surface area contributed by atoms with Crippen molar-refractivity contribution < 1.29 is 14.4 Å². The van der Waals surface area contributed by atoms with Gasteiger partial charge < -0.3 is 14.9 Å². The van der Waals surface area contributed by atoms with Gasteiger partial charge in [0.15, 0.2) is 5.82 Å². The van der Waals surface area contributed by atoms with Crippen LogP contribution in [0, 0.1) is 6.92 Å². The molecule has 0 saturated carbocycles. The summed E-state index contributed by atoms with van der Waals surface area (Å²) in [4.78, 5) is 19.0. The van der Waals surface area contributed by atoms with E-state index in [1.165, 1.54) is 18.5 Å². The van der Waals surface area contributed by atoms with E-state index in [1.807, 2.05) is 0 Å². The van der Waals surface area contributed by atoms with Gasteiger partial charge in [-0.3, -0.25) is 0 Å². The Hall–Kier alpha value is -2.44. The standard InChI is InChI=1S/C11H12N4O3/c1-7-4-8(11(16)17)5-10(14-7)12-3-2-9-13-6-18-15-9/h4-6H,2-3H2,1H3,(H,12,14)(H,16,17). The number of carboxylic acids is 1. The van der Waals surface area contributed by atoms with Gasteiger partial charge in [-0.2, -0.15) is 4.98 Å². The first-order chi connectivity index (χ1) is 8.65. The van der Waals surface area contributed by atoms with Crippen molar-refractivity contribution in [3.05, 3.63) is 35.6 Å². The number of hydrogen-bond acceptors (Lipinski definition) is 6. The van der Waals surface area contributed by atoms with Gasteiger partial charge in [-0.15, -0.1) is 0 Å². The van der Waals surface area contributed by atoms with E-state index in [0.29, 0.717) is 30.3 Å². The first kappa shape index (κ1) is 12.0. The zero-order chi connectivity index (χ0) is 13.0. The van der Waals surface area contributed by atoms with Crippen LogP contribution in [0.15, 0.2) is 23.0 Å². The van der Waals surface area contributed by atoms with Crippen LogP contribution in [-0.4, -0.2) is 32.7 Å². The van der Waals surface area contributed by atoms with E-state index in [1.54, 1.807) is 6.92 Å². The molecule has 2 N–H and O–H groups in total. The molecule has 0 amide bonds. The Morgan fingerprint density at radius 3 is 3.00 bits per heavy atom. The van der Waals surface area contributed by atoms with Crippen LogP contribution in [0.3, 0.4) is 0 Å². The van der Waals surface area contributed by atoms with E-state index in [0.717, 1.165) is 0 Å². The summed E-state index contributed by atoms with van der Waals surface area (Å²) in [6, 6.07) is 3.01. The van der Waals surface area contributed by atoms with Gasteiger partial charge in [0.25, 0.3) is 0 Å². The molecule has 2 heterocycles. The minimum absolute atomic E-state index is 0.213. The summed E-state index contributed by atoms with van der Waals surface area (Å²) < 4.78 is 4.60. The third-order valence-corrected chi connectivity index (χ3v) is 2.26. The molecule has 18 heavy (non-hydrogen) atoms. The molecule has 0 aromatic carbocycles. The molecule has 7 nitrogen and oxygen atoms in total. The molecule has 0 atom stereocenters. The molecule has 0 bridgehead atoms. The Bertz CT molecular complexity index is 539. The van der Waals surface area contributed by atoms with Crippen molar-refractivity contribution in [2.75, 3.05) is 11.9 Å². The van der Waals surface area contributed by atoms with Gasteiger partial charge in [-0.25, -0.2) is 9.78 Å². The van der Waals surface area contributed by atoms with E-state index in [2.05, 4.69) is 25.0 Å². The Balaban J connectivity index is 1.98. The third-order valence-electron chi connectivity index (χ3n) is 2.26. The normalized spacial score (nSPS) is 10.3. The van der Waals surface area contributed by atoms with Gasteiger partial charge in [0, 0.05) is 18.7 Å². The number of hydrogen-bond donors (Lipinski definition) is 2. The van der Waals surface area contributed by atoms with Crippen molar-refractivity contribution in [2.45, 2.75) is 13.3 Å². The molecule has 0 saturated heterocycles. The Labute approximate surface area is 103 Å². The number of pyridine rings is 1. The zero-order valence-corrected chi connectivity index (χ0v) is 9.75. The molecule has 2 aromatic heterocycles. The van der Waals surface area contributed by atoms with E-state index < -0.39 is 5.97 Å². The van der Waals surface area contributed by atoms with E-state index in [4.69, 9.17) is 5.11 Å². The lowest BCUT2D eigenvalue weighted by Crippen LogP contribution is -2.09. The molecule has 0 fully saturated rings. The number of nitrogens with one attached hydrogen (secondary N) is 1. The van der Waals surface area contributed by atoms with Gasteiger partial charge in [0.05, 0.1) is 5.56 Å². The van der Waals surface area contributed by atoms with Crippen molar-refractivity contribution in [3.63, 3.8) is 0 Å². The molecule has 0 aliphatic rings. The topological polar surface area (TPSA) is 101 Å². The molecule has 2 aromatic rings. The molecule has 0 spiro atoms. The van der Waals surface area contributed by atoms with Crippen molar-refractivity contribution in [3.8, 4) is 0 Å². The highest BCUT2D eigenvalue weighted by Crippen LogP contribution is 2.10. The molecular weight excluding hydrogens is 236 g/mol. The highest BCUT2D eigenvalue weighted by atomic mass is 16.5. The quantitative estimate of drug-likeness (QED) is 0.817. The molecule has 0 radical (unpaired) electrons. The third kappa shape index (κ3) is 3.03. The molecular formula is C11H12N4O3. The Morgan fingerprint density at radius 2 is 2.33 bits per heavy atom. The minimum Gasteiger partial charge on any atom is -0.478 e. The largest absolute Gasteiger partial charge is 0.478 e. The van der Waals surface area contributed by atoms with Crippen molar-refractivity contribution in [1.29, 1.82) is 0 Å². The number of aromatic nitrogens is 3. The van der Waals surface area contributed by atoms with Crippen LogP contribution < -0.4 is 5.32 Å². The molecule has 0 aliphatic carbocycles. The first-order valence-electron chi connectivity index (χ1n) is 5.36. The maximum Gasteiger partial charge on any atom is 0.335 e. The first-order valence-corrected chi connectivity index (χ1v) is 5.36. The maximum atomic E-state index is 10.9. The van der Waals surface area contributed by atoms with Crippen LogP contribution >= 0.6 is 0 Å². The monoisotopic (exact) mass is 248 g/mol. The molecule has 2 rings (SSSR count). The molecule has 94 valence electrons. The fourth-order valence-electron chi connectivity index (χ4n) is 1.49. The number of anilines is 1. The average Bonchev–Trinajstić information content (AvgIpc) is 2.81. The summed E-state index contributed by atoms with van der Waals surface area (Å²) >= 11 is 0. The van der Waals surface area contributed by atoms with Gasteiger partial charge in [0.1, 0.15) is 5.82 Å². The predicted molar refractivity (Wildman–Crippen MR) is 62.4 cm³/mol. The number of carboxylic acid groups (broad SMARTS) is 1. The lowest BCUT2D eigenvalue weighted by Gasteiger charge is -2.06. The smallest absolute Gasteiger partial charge is 0.335 e. The second-order valence-electron chi connectivity index (χ2n) is 3.71. The van der Waals surface area contributed by atoms with Crippen LogP contribution in [0.2, 0.25) is 0 Å². The summed E-state index contributed by atoms with van der Waals surface area (Å²) in [5, 5.41) is 15.6. The average molecular weight is 248 g/mol. The second-order valence-corrected chi connectivity index (χ2v) is 3.71. The van der Waals surface area contributed by atoms with Gasteiger partial charge in [-0.1, -0.05) is 5.16 Å². The fraction of sp³-hybridized carbons (Fsp3) is 0.273. The predicted octanol–water partition coefficient (Wildman–Crippen LogP) is 1.13. The van der Waals surface area contributed by atoms with Crippen molar-refractivity contribution in [1.82, 2.24) is 15.1 Å². The number of rotatable bonds is 5.